The molecule has 1 aromatic carbocycles. The van der Waals surface area contributed by atoms with Crippen LogP contribution in [0.3, 0.4) is 0 Å². The van der Waals surface area contributed by atoms with E-state index in [0.717, 1.165) is 37.5 Å². The number of nitro benzene ring substituents is 1. The van der Waals surface area contributed by atoms with Crippen molar-refractivity contribution in [2.75, 3.05) is 31.7 Å². The summed E-state index contributed by atoms with van der Waals surface area (Å²) in [5.41, 5.74) is 3.62. The van der Waals surface area contributed by atoms with E-state index < -0.39 is 14.9 Å². The Hall–Kier alpha value is -2.04. The summed E-state index contributed by atoms with van der Waals surface area (Å²) in [6.07, 6.45) is 3.95. The lowest BCUT2D eigenvalue weighted by Crippen LogP contribution is -2.40. The van der Waals surface area contributed by atoms with Crippen molar-refractivity contribution in [2.45, 2.75) is 37.5 Å². The Morgan fingerprint density at radius 2 is 2.07 bits per heavy atom. The van der Waals surface area contributed by atoms with Crippen LogP contribution < -0.4 is 5.43 Å². The van der Waals surface area contributed by atoms with Gasteiger partial charge in [-0.3, -0.25) is 15.5 Å². The molecule has 0 bridgehead atoms. The molecule has 1 atom stereocenters. The van der Waals surface area contributed by atoms with Crippen LogP contribution in [0.25, 0.3) is 0 Å². The van der Waals surface area contributed by atoms with Gasteiger partial charge in [-0.15, -0.1) is 0 Å². The number of morpholine rings is 1. The molecule has 2 aliphatic rings. The van der Waals surface area contributed by atoms with Gasteiger partial charge in [-0.25, -0.2) is 8.42 Å². The van der Waals surface area contributed by atoms with Gasteiger partial charge in [0.1, 0.15) is 5.69 Å². The Balaban J connectivity index is 1.84. The summed E-state index contributed by atoms with van der Waals surface area (Å²) in [6, 6.07) is 3.88. The zero-order chi connectivity index (χ0) is 19.4. The number of hydrogen-bond acceptors (Lipinski definition) is 7. The van der Waals surface area contributed by atoms with E-state index in [4.69, 9.17) is 4.74 Å². The van der Waals surface area contributed by atoms with E-state index in [1.54, 1.807) is 0 Å². The molecule has 1 N–H and O–H groups in total. The van der Waals surface area contributed by atoms with E-state index in [1.165, 1.54) is 16.4 Å². The quantitative estimate of drug-likeness (QED) is 0.604. The highest BCUT2D eigenvalue weighted by Crippen LogP contribution is 2.30. The molecule has 1 aliphatic carbocycles. The third-order valence-corrected chi connectivity index (χ3v) is 6.75. The maximum Gasteiger partial charge on any atom is 0.295 e. The number of hydrazone groups is 1. The molecule has 1 aromatic rings. The summed E-state index contributed by atoms with van der Waals surface area (Å²) >= 11 is 0. The number of sulfonamides is 1. The zero-order valence-corrected chi connectivity index (χ0v) is 16.1. The first-order valence-corrected chi connectivity index (χ1v) is 10.5. The van der Waals surface area contributed by atoms with Crippen molar-refractivity contribution in [1.29, 1.82) is 0 Å². The van der Waals surface area contributed by atoms with E-state index in [2.05, 4.69) is 17.5 Å². The highest BCUT2D eigenvalue weighted by atomic mass is 32.2. The number of hydrogen-bond donors (Lipinski definition) is 1. The second-order valence-corrected chi connectivity index (χ2v) is 8.88. The van der Waals surface area contributed by atoms with Gasteiger partial charge in [0, 0.05) is 24.9 Å². The highest BCUT2D eigenvalue weighted by molar-refractivity contribution is 7.89. The summed E-state index contributed by atoms with van der Waals surface area (Å²) in [4.78, 5) is 10.8. The lowest BCUT2D eigenvalue weighted by Gasteiger charge is -2.26. The van der Waals surface area contributed by atoms with Crippen LogP contribution in [0.1, 0.15) is 32.6 Å². The molecule has 148 valence electrons. The first kappa shape index (κ1) is 19.7. The molecular formula is C17H24N4O5S. The van der Waals surface area contributed by atoms with Crippen LogP contribution in [0.5, 0.6) is 0 Å². The topological polar surface area (TPSA) is 114 Å². The van der Waals surface area contributed by atoms with Gasteiger partial charge >= 0.3 is 0 Å². The summed E-state index contributed by atoms with van der Waals surface area (Å²) in [7, 11) is -3.79. The number of benzene rings is 1. The second kappa shape index (κ2) is 8.32. The minimum atomic E-state index is -3.79. The van der Waals surface area contributed by atoms with Crippen LogP contribution in [0, 0.1) is 16.0 Å². The molecule has 1 unspecified atom stereocenters. The number of ether oxygens (including phenoxy) is 1. The van der Waals surface area contributed by atoms with E-state index in [1.807, 2.05) is 0 Å². The highest BCUT2D eigenvalue weighted by Gasteiger charge is 2.29. The van der Waals surface area contributed by atoms with Crippen molar-refractivity contribution in [1.82, 2.24) is 4.31 Å². The first-order chi connectivity index (χ1) is 12.9. The van der Waals surface area contributed by atoms with Gasteiger partial charge in [-0.05, 0) is 43.7 Å². The first-order valence-electron chi connectivity index (χ1n) is 9.05. The van der Waals surface area contributed by atoms with Crippen molar-refractivity contribution >= 4 is 27.1 Å². The van der Waals surface area contributed by atoms with Crippen LogP contribution in [0.2, 0.25) is 0 Å². The number of nitro groups is 1. The monoisotopic (exact) mass is 396 g/mol. The lowest BCUT2D eigenvalue weighted by atomic mass is 9.89. The number of nitrogens with zero attached hydrogens (tertiary/aromatic N) is 3. The Bertz CT molecular complexity index is 834. The number of nitrogens with one attached hydrogen (secondary N) is 1. The fraction of sp³-hybridized carbons (Fsp3) is 0.588. The van der Waals surface area contributed by atoms with Gasteiger partial charge in [0.05, 0.1) is 23.0 Å². The molecule has 1 aliphatic heterocycles. The molecule has 10 heteroatoms. The minimum Gasteiger partial charge on any atom is -0.379 e. The Morgan fingerprint density at radius 1 is 1.33 bits per heavy atom. The molecule has 27 heavy (non-hydrogen) atoms. The molecule has 0 radical (unpaired) electrons. The molecule has 0 amide bonds. The molecule has 0 spiro atoms. The van der Waals surface area contributed by atoms with Gasteiger partial charge in [0.15, 0.2) is 0 Å². The maximum atomic E-state index is 12.7. The molecule has 1 heterocycles. The Morgan fingerprint density at radius 3 is 2.74 bits per heavy atom. The average molecular weight is 396 g/mol. The summed E-state index contributed by atoms with van der Waals surface area (Å²) in [5.74, 6) is 0.551. The van der Waals surface area contributed by atoms with Crippen LogP contribution in [0.15, 0.2) is 28.2 Å². The van der Waals surface area contributed by atoms with Crippen LogP contribution in [-0.4, -0.2) is 49.7 Å². The fourth-order valence-electron chi connectivity index (χ4n) is 3.36. The maximum absolute atomic E-state index is 12.7. The third kappa shape index (κ3) is 4.63. The van der Waals surface area contributed by atoms with E-state index in [0.29, 0.717) is 19.1 Å². The van der Waals surface area contributed by atoms with Gasteiger partial charge in [0.25, 0.3) is 5.69 Å². The van der Waals surface area contributed by atoms with Crippen molar-refractivity contribution in [3.8, 4) is 0 Å². The van der Waals surface area contributed by atoms with Crippen LogP contribution >= 0.6 is 0 Å². The molecule has 0 aromatic heterocycles. The number of anilines is 1. The van der Waals surface area contributed by atoms with Gasteiger partial charge in [-0.2, -0.15) is 9.41 Å². The summed E-state index contributed by atoms with van der Waals surface area (Å²) in [6.45, 7) is 3.26. The van der Waals surface area contributed by atoms with Crippen LogP contribution in [0.4, 0.5) is 11.4 Å². The van der Waals surface area contributed by atoms with E-state index in [-0.39, 0.29) is 29.4 Å². The average Bonchev–Trinajstić information content (AvgIpc) is 2.67. The normalized spacial score (nSPS) is 23.3. The molecule has 1 saturated carbocycles. The summed E-state index contributed by atoms with van der Waals surface area (Å²) < 4.78 is 31.9. The molecule has 1 saturated heterocycles. The second-order valence-electron chi connectivity index (χ2n) is 6.94. The molecule has 3 rings (SSSR count). The van der Waals surface area contributed by atoms with Crippen molar-refractivity contribution in [3.05, 3.63) is 28.3 Å². The minimum absolute atomic E-state index is 0.0967. The fourth-order valence-corrected chi connectivity index (χ4v) is 4.78. The largest absolute Gasteiger partial charge is 0.379 e. The molecule has 9 nitrogen and oxygen atoms in total. The van der Waals surface area contributed by atoms with Gasteiger partial charge in [0.2, 0.25) is 10.0 Å². The van der Waals surface area contributed by atoms with Crippen molar-refractivity contribution < 1.29 is 18.1 Å². The Kier molecular flexibility index (Phi) is 6.08. The molecule has 2 fully saturated rings. The van der Waals surface area contributed by atoms with Crippen molar-refractivity contribution in [2.24, 2.45) is 11.0 Å². The van der Waals surface area contributed by atoms with Gasteiger partial charge in [-0.1, -0.05) is 6.92 Å². The standard InChI is InChI=1S/C17H24N4O5S/c1-13-3-2-4-14(11-13)18-19-16-6-5-15(12-17(16)21(22)23)27(24,25)20-7-9-26-10-8-20/h5-6,12-13,19H,2-4,7-11H2,1H3. The Labute approximate surface area is 158 Å². The predicted octanol–water partition coefficient (Wildman–Crippen LogP) is 2.59. The molecular weight excluding hydrogens is 372 g/mol. The van der Waals surface area contributed by atoms with Gasteiger partial charge < -0.3 is 4.74 Å². The van der Waals surface area contributed by atoms with E-state index in [9.17, 15) is 18.5 Å². The predicted molar refractivity (Wildman–Crippen MR) is 101 cm³/mol. The smallest absolute Gasteiger partial charge is 0.295 e. The lowest BCUT2D eigenvalue weighted by molar-refractivity contribution is -0.384. The van der Waals surface area contributed by atoms with Crippen molar-refractivity contribution in [3.63, 3.8) is 0 Å². The SMILES string of the molecule is CC1CCCC(=NNc2ccc(S(=O)(=O)N3CCOCC3)cc2[N+](=O)[O-])C1. The number of rotatable bonds is 5. The van der Waals surface area contributed by atoms with E-state index >= 15 is 0 Å². The summed E-state index contributed by atoms with van der Waals surface area (Å²) in [5, 5.41) is 15.8. The van der Waals surface area contributed by atoms with Crippen LogP contribution in [-0.2, 0) is 14.8 Å². The zero-order valence-electron chi connectivity index (χ0n) is 15.3. The third-order valence-electron chi connectivity index (χ3n) is 4.85.